The maximum atomic E-state index is 12.2. The number of ether oxygens (including phenoxy) is 1. The van der Waals surface area contributed by atoms with Gasteiger partial charge in [-0.05, 0) is 43.7 Å². The quantitative estimate of drug-likeness (QED) is 0.463. The van der Waals surface area contributed by atoms with Crippen molar-refractivity contribution in [1.82, 2.24) is 10.6 Å². The molecule has 0 bridgehead atoms. The van der Waals surface area contributed by atoms with Gasteiger partial charge >= 0.3 is 12.0 Å². The molecule has 1 atom stereocenters. The molecule has 0 saturated carbocycles. The molecule has 2 amide bonds. The van der Waals surface area contributed by atoms with E-state index in [4.69, 9.17) is 27.9 Å². The first-order valence-electron chi connectivity index (χ1n) is 8.33. The van der Waals surface area contributed by atoms with Crippen LogP contribution >= 0.6 is 46.3 Å². The fourth-order valence-corrected chi connectivity index (χ4v) is 5.61. The molecule has 1 aromatic carbocycles. The number of halogens is 2. The lowest BCUT2D eigenvalue weighted by Gasteiger charge is -2.26. The van der Waals surface area contributed by atoms with Crippen molar-refractivity contribution < 1.29 is 14.3 Å². The van der Waals surface area contributed by atoms with Gasteiger partial charge < -0.3 is 15.4 Å². The van der Waals surface area contributed by atoms with Crippen LogP contribution in [0.4, 0.5) is 4.79 Å². The van der Waals surface area contributed by atoms with Gasteiger partial charge in [-0.1, -0.05) is 23.2 Å². The van der Waals surface area contributed by atoms with Crippen LogP contribution in [0.3, 0.4) is 0 Å². The monoisotopic (exact) mass is 456 g/mol. The average Bonchev–Trinajstić information content (AvgIpc) is 3.02. The van der Waals surface area contributed by atoms with Crippen LogP contribution in [0.1, 0.15) is 28.3 Å². The van der Waals surface area contributed by atoms with Gasteiger partial charge in [0.05, 0.1) is 23.7 Å². The normalized spacial score (nSPS) is 16.6. The predicted molar refractivity (Wildman–Crippen MR) is 114 cm³/mol. The summed E-state index contributed by atoms with van der Waals surface area (Å²) < 4.78 is 4.90. The molecule has 1 aliphatic rings. The summed E-state index contributed by atoms with van der Waals surface area (Å²) in [5.74, 6) is 0.222. The Morgan fingerprint density at radius 1 is 1.29 bits per heavy atom. The summed E-state index contributed by atoms with van der Waals surface area (Å²) in [4.78, 5) is 27.1. The molecule has 1 unspecified atom stereocenters. The topological polar surface area (TPSA) is 67.4 Å². The summed E-state index contributed by atoms with van der Waals surface area (Å²) in [5, 5.41) is 6.73. The van der Waals surface area contributed by atoms with Crippen molar-refractivity contribution in [2.45, 2.75) is 30.5 Å². The van der Waals surface area contributed by atoms with Gasteiger partial charge in [0.2, 0.25) is 0 Å². The third-order valence-corrected chi connectivity index (χ3v) is 7.21. The Kier molecular flexibility index (Phi) is 6.60. The Bertz CT molecular complexity index is 972. The molecule has 5 nitrogen and oxygen atoms in total. The fourth-order valence-electron chi connectivity index (χ4n) is 2.86. The van der Waals surface area contributed by atoms with Crippen molar-refractivity contribution in [2.24, 2.45) is 0 Å². The predicted octanol–water partition coefficient (Wildman–Crippen LogP) is 5.46. The Hall–Kier alpha value is -1.67. The minimum absolute atomic E-state index is 0.345. The highest BCUT2D eigenvalue weighted by molar-refractivity contribution is 7.98. The number of hydrogen-bond acceptors (Lipinski definition) is 5. The molecule has 2 N–H and O–H groups in total. The molecule has 0 fully saturated rings. The third-order valence-electron chi connectivity index (χ3n) is 4.28. The number of carbonyl (C=O) groups is 2. The number of methoxy groups -OCH3 is 1. The number of rotatable bonds is 5. The zero-order valence-corrected chi connectivity index (χ0v) is 18.5. The zero-order chi connectivity index (χ0) is 20.4. The Labute approximate surface area is 181 Å². The van der Waals surface area contributed by atoms with Gasteiger partial charge in [0, 0.05) is 31.1 Å². The number of hydrogen-bond donors (Lipinski definition) is 2. The maximum Gasteiger partial charge on any atom is 0.338 e. The molecule has 3 rings (SSSR count). The summed E-state index contributed by atoms with van der Waals surface area (Å²) in [7, 11) is 1.33. The standard InChI is InChI=1S/C19H18Cl2N2O3S2/c1-9-16(18(24)26-3)17(23-19(25)22-9)15-6-11(10(2)28-15)8-27-14-7-12(20)4-5-13(14)21/h4-7,17H,8H2,1-3H3,(H2,22,23,25). The molecule has 28 heavy (non-hydrogen) atoms. The van der Waals surface area contributed by atoms with Gasteiger partial charge in [-0.25, -0.2) is 9.59 Å². The molecule has 1 aliphatic heterocycles. The van der Waals surface area contributed by atoms with Gasteiger partial charge in [-0.15, -0.1) is 23.1 Å². The second kappa shape index (κ2) is 8.78. The van der Waals surface area contributed by atoms with Gasteiger partial charge in [-0.2, -0.15) is 0 Å². The second-order valence-electron chi connectivity index (χ2n) is 6.16. The van der Waals surface area contributed by atoms with E-state index in [2.05, 4.69) is 10.6 Å². The summed E-state index contributed by atoms with van der Waals surface area (Å²) >= 11 is 15.4. The maximum absolute atomic E-state index is 12.2. The van der Waals surface area contributed by atoms with Crippen LogP contribution in [0.25, 0.3) is 0 Å². The van der Waals surface area contributed by atoms with Gasteiger partial charge in [-0.3, -0.25) is 0 Å². The number of carbonyl (C=O) groups excluding carboxylic acids is 2. The lowest BCUT2D eigenvalue weighted by Crippen LogP contribution is -2.45. The molecule has 9 heteroatoms. The number of amides is 2. The van der Waals surface area contributed by atoms with Gasteiger partial charge in [0.1, 0.15) is 0 Å². The van der Waals surface area contributed by atoms with E-state index in [1.165, 1.54) is 7.11 Å². The fraction of sp³-hybridized carbons (Fsp3) is 0.263. The molecule has 2 aromatic rings. The van der Waals surface area contributed by atoms with E-state index >= 15 is 0 Å². The van der Waals surface area contributed by atoms with E-state index in [0.29, 0.717) is 27.1 Å². The minimum atomic E-state index is -0.543. The van der Waals surface area contributed by atoms with Crippen molar-refractivity contribution >= 4 is 58.3 Å². The summed E-state index contributed by atoms with van der Waals surface area (Å²) in [5.41, 5.74) is 2.00. The largest absolute Gasteiger partial charge is 0.466 e. The van der Waals surface area contributed by atoms with Crippen LogP contribution in [0, 0.1) is 6.92 Å². The minimum Gasteiger partial charge on any atom is -0.466 e. The molecule has 148 valence electrons. The van der Waals surface area contributed by atoms with E-state index in [1.807, 2.05) is 19.1 Å². The van der Waals surface area contributed by atoms with E-state index in [0.717, 1.165) is 20.2 Å². The first-order valence-corrected chi connectivity index (χ1v) is 10.9. The number of aryl methyl sites for hydroxylation is 1. The molecule has 0 saturated heterocycles. The lowest BCUT2D eigenvalue weighted by atomic mass is 10.0. The summed E-state index contributed by atoms with van der Waals surface area (Å²) in [6, 6.07) is 6.49. The Balaban J connectivity index is 1.86. The van der Waals surface area contributed by atoms with Crippen LogP contribution in [0.15, 0.2) is 40.4 Å². The zero-order valence-electron chi connectivity index (χ0n) is 15.4. The van der Waals surface area contributed by atoms with Crippen molar-refractivity contribution in [1.29, 1.82) is 0 Å². The molecule has 0 radical (unpaired) electrons. The number of benzene rings is 1. The number of thioether (sulfide) groups is 1. The molecule has 0 aliphatic carbocycles. The van der Waals surface area contributed by atoms with E-state index in [-0.39, 0.29) is 6.03 Å². The van der Waals surface area contributed by atoms with Crippen molar-refractivity contribution in [3.05, 3.63) is 60.9 Å². The van der Waals surface area contributed by atoms with Crippen LogP contribution in [0.5, 0.6) is 0 Å². The van der Waals surface area contributed by atoms with Crippen LogP contribution < -0.4 is 10.6 Å². The Morgan fingerprint density at radius 3 is 2.75 bits per heavy atom. The third kappa shape index (κ3) is 4.49. The average molecular weight is 457 g/mol. The smallest absolute Gasteiger partial charge is 0.338 e. The number of nitrogens with one attached hydrogen (secondary N) is 2. The van der Waals surface area contributed by atoms with Crippen molar-refractivity contribution in [3.63, 3.8) is 0 Å². The highest BCUT2D eigenvalue weighted by Gasteiger charge is 2.33. The van der Waals surface area contributed by atoms with Crippen molar-refractivity contribution in [3.8, 4) is 0 Å². The lowest BCUT2D eigenvalue weighted by molar-refractivity contribution is -0.136. The first kappa shape index (κ1) is 21.0. The highest BCUT2D eigenvalue weighted by Crippen LogP contribution is 2.38. The highest BCUT2D eigenvalue weighted by atomic mass is 35.5. The van der Waals surface area contributed by atoms with Crippen LogP contribution in [-0.2, 0) is 15.3 Å². The summed E-state index contributed by atoms with van der Waals surface area (Å²) in [6.07, 6.45) is 0. The molecular formula is C19H18Cl2N2O3S2. The number of allylic oxidation sites excluding steroid dienone is 1. The van der Waals surface area contributed by atoms with E-state index in [1.54, 1.807) is 42.2 Å². The molecule has 0 spiro atoms. The van der Waals surface area contributed by atoms with E-state index in [9.17, 15) is 9.59 Å². The van der Waals surface area contributed by atoms with Crippen molar-refractivity contribution in [2.75, 3.05) is 7.11 Å². The number of esters is 1. The van der Waals surface area contributed by atoms with Crippen LogP contribution in [0.2, 0.25) is 10.0 Å². The second-order valence-corrected chi connectivity index (χ2v) is 9.30. The van der Waals surface area contributed by atoms with E-state index < -0.39 is 12.0 Å². The summed E-state index contributed by atoms with van der Waals surface area (Å²) in [6.45, 7) is 3.71. The Morgan fingerprint density at radius 2 is 2.04 bits per heavy atom. The number of urea groups is 1. The molecule has 2 heterocycles. The molecular weight excluding hydrogens is 439 g/mol. The van der Waals surface area contributed by atoms with Gasteiger partial charge in [0.25, 0.3) is 0 Å². The van der Waals surface area contributed by atoms with Gasteiger partial charge in [0.15, 0.2) is 0 Å². The number of thiophene rings is 1. The first-order chi connectivity index (χ1) is 13.3. The SMILES string of the molecule is COC(=O)C1=C(C)NC(=O)NC1c1cc(CSc2cc(Cl)ccc2Cl)c(C)s1. The molecule has 1 aromatic heterocycles. The van der Waals surface area contributed by atoms with Crippen LogP contribution in [-0.4, -0.2) is 19.1 Å².